The van der Waals surface area contributed by atoms with E-state index in [4.69, 9.17) is 4.74 Å². The summed E-state index contributed by atoms with van der Waals surface area (Å²) in [6.45, 7) is 2.19. The van der Waals surface area contributed by atoms with E-state index in [0.717, 1.165) is 31.2 Å². The molecule has 0 N–H and O–H groups in total. The zero-order chi connectivity index (χ0) is 18.4. The highest BCUT2D eigenvalue weighted by Gasteiger charge is 2.48. The first kappa shape index (κ1) is 18.4. The van der Waals surface area contributed by atoms with Gasteiger partial charge in [-0.1, -0.05) is 6.07 Å². The highest BCUT2D eigenvalue weighted by atomic mass is 32.2. The van der Waals surface area contributed by atoms with Gasteiger partial charge in [0, 0.05) is 19.1 Å². The smallest absolute Gasteiger partial charge is 0.183 e. The molecule has 0 amide bonds. The Kier molecular flexibility index (Phi) is 4.88. The van der Waals surface area contributed by atoms with Crippen molar-refractivity contribution in [1.29, 1.82) is 0 Å². The normalized spacial score (nSPS) is 29.4. The molecule has 0 unspecified atom stereocenters. The molecule has 0 spiro atoms. The monoisotopic (exact) mass is 399 g/mol. The molecule has 1 aromatic rings. The SMILES string of the molecule is O=S1(=O)C[C@H](N2CCOCC2)[C@@H](S(=O)(=O)c2ccc3c(c2)CCCC3)C1. The van der Waals surface area contributed by atoms with Crippen LogP contribution in [0.5, 0.6) is 0 Å². The van der Waals surface area contributed by atoms with Gasteiger partial charge in [-0.15, -0.1) is 0 Å². The second-order valence-electron chi connectivity index (χ2n) is 7.51. The number of sulfone groups is 2. The maximum Gasteiger partial charge on any atom is 0.183 e. The van der Waals surface area contributed by atoms with E-state index in [2.05, 4.69) is 0 Å². The molecule has 2 saturated heterocycles. The van der Waals surface area contributed by atoms with Crippen LogP contribution in [0.2, 0.25) is 0 Å². The largest absolute Gasteiger partial charge is 0.379 e. The van der Waals surface area contributed by atoms with Crippen LogP contribution in [-0.2, 0) is 37.3 Å². The second-order valence-corrected chi connectivity index (χ2v) is 11.8. The molecule has 0 aromatic heterocycles. The third-order valence-electron chi connectivity index (χ3n) is 5.83. The van der Waals surface area contributed by atoms with Crippen molar-refractivity contribution in [2.75, 3.05) is 37.8 Å². The number of aryl methyl sites for hydroxylation is 2. The molecule has 0 bridgehead atoms. The van der Waals surface area contributed by atoms with Crippen molar-refractivity contribution in [2.24, 2.45) is 0 Å². The van der Waals surface area contributed by atoms with Crippen LogP contribution in [0.15, 0.2) is 23.1 Å². The van der Waals surface area contributed by atoms with Gasteiger partial charge in [0.25, 0.3) is 0 Å². The fraction of sp³-hybridized carbons (Fsp3) is 0.667. The third kappa shape index (κ3) is 3.44. The Morgan fingerprint density at radius 3 is 2.42 bits per heavy atom. The number of morpholine rings is 1. The molecule has 26 heavy (non-hydrogen) atoms. The fourth-order valence-electron chi connectivity index (χ4n) is 4.40. The number of ether oxygens (including phenoxy) is 1. The van der Waals surface area contributed by atoms with Crippen LogP contribution in [0.1, 0.15) is 24.0 Å². The maximum absolute atomic E-state index is 13.3. The molecule has 1 aromatic carbocycles. The molecule has 3 aliphatic rings. The van der Waals surface area contributed by atoms with E-state index in [1.165, 1.54) is 5.56 Å². The summed E-state index contributed by atoms with van der Waals surface area (Å²) < 4.78 is 56.6. The van der Waals surface area contributed by atoms with Crippen molar-refractivity contribution in [3.63, 3.8) is 0 Å². The molecule has 1 aliphatic carbocycles. The Hall–Kier alpha value is -0.960. The first-order chi connectivity index (χ1) is 12.4. The van der Waals surface area contributed by atoms with Crippen molar-refractivity contribution in [2.45, 2.75) is 41.9 Å². The predicted octanol–water partition coefficient (Wildman–Crippen LogP) is 0.837. The average Bonchev–Trinajstić information content (AvgIpc) is 2.98. The molecule has 2 atom stereocenters. The third-order valence-corrected chi connectivity index (χ3v) is 9.95. The Bertz CT molecular complexity index is 888. The zero-order valence-corrected chi connectivity index (χ0v) is 16.4. The van der Waals surface area contributed by atoms with Crippen molar-refractivity contribution >= 4 is 19.7 Å². The summed E-state index contributed by atoms with van der Waals surface area (Å²) in [7, 11) is -7.07. The van der Waals surface area contributed by atoms with Gasteiger partial charge in [-0.3, -0.25) is 4.90 Å². The molecule has 6 nitrogen and oxygen atoms in total. The number of nitrogens with zero attached hydrogens (tertiary/aromatic N) is 1. The number of rotatable bonds is 3. The van der Waals surface area contributed by atoms with Crippen molar-refractivity contribution in [1.82, 2.24) is 4.90 Å². The van der Waals surface area contributed by atoms with E-state index in [0.29, 0.717) is 26.3 Å². The van der Waals surface area contributed by atoms with Gasteiger partial charge in [-0.05, 0) is 48.9 Å². The highest BCUT2D eigenvalue weighted by Crippen LogP contribution is 2.31. The minimum Gasteiger partial charge on any atom is -0.379 e. The highest BCUT2D eigenvalue weighted by molar-refractivity contribution is 7.96. The Morgan fingerprint density at radius 1 is 1.00 bits per heavy atom. The fourth-order valence-corrected chi connectivity index (χ4v) is 9.28. The molecule has 4 rings (SSSR count). The van der Waals surface area contributed by atoms with Crippen LogP contribution in [0.4, 0.5) is 0 Å². The standard InChI is InChI=1S/C18H25NO5S2/c20-25(21)12-17(19-7-9-24-10-8-19)18(13-25)26(22,23)16-6-5-14-3-1-2-4-15(14)11-16/h5-6,11,17-18H,1-4,7-10,12-13H2/t17-,18-/m0/s1. The lowest BCUT2D eigenvalue weighted by Gasteiger charge is -2.34. The molecule has 8 heteroatoms. The summed E-state index contributed by atoms with van der Waals surface area (Å²) in [6.07, 6.45) is 4.10. The summed E-state index contributed by atoms with van der Waals surface area (Å²) in [4.78, 5) is 2.26. The first-order valence-corrected chi connectivity index (χ1v) is 12.6. The quantitative estimate of drug-likeness (QED) is 0.749. The Morgan fingerprint density at radius 2 is 1.69 bits per heavy atom. The summed E-state index contributed by atoms with van der Waals surface area (Å²) in [5, 5.41) is -0.896. The lowest BCUT2D eigenvalue weighted by atomic mass is 9.92. The van der Waals surface area contributed by atoms with E-state index >= 15 is 0 Å². The zero-order valence-electron chi connectivity index (χ0n) is 14.8. The van der Waals surface area contributed by atoms with Crippen LogP contribution in [0.25, 0.3) is 0 Å². The molecular weight excluding hydrogens is 374 g/mol. The molecule has 0 radical (unpaired) electrons. The summed E-state index contributed by atoms with van der Waals surface area (Å²) >= 11 is 0. The van der Waals surface area contributed by atoms with Crippen LogP contribution >= 0.6 is 0 Å². The van der Waals surface area contributed by atoms with Crippen LogP contribution in [-0.4, -0.2) is 70.8 Å². The van der Waals surface area contributed by atoms with Gasteiger partial charge >= 0.3 is 0 Å². The molecule has 144 valence electrons. The van der Waals surface area contributed by atoms with E-state index in [-0.39, 0.29) is 16.4 Å². The van der Waals surface area contributed by atoms with E-state index in [9.17, 15) is 16.8 Å². The van der Waals surface area contributed by atoms with Crippen molar-refractivity contribution in [3.05, 3.63) is 29.3 Å². The molecule has 0 saturated carbocycles. The van der Waals surface area contributed by atoms with Gasteiger partial charge < -0.3 is 4.74 Å². The van der Waals surface area contributed by atoms with E-state index in [1.807, 2.05) is 11.0 Å². The van der Waals surface area contributed by atoms with Gasteiger partial charge in [-0.2, -0.15) is 0 Å². The minimum absolute atomic E-state index is 0.0815. The number of hydrogen-bond donors (Lipinski definition) is 0. The van der Waals surface area contributed by atoms with Gasteiger partial charge in [0.1, 0.15) is 0 Å². The van der Waals surface area contributed by atoms with Crippen LogP contribution in [0.3, 0.4) is 0 Å². The maximum atomic E-state index is 13.3. The second kappa shape index (κ2) is 6.89. The van der Waals surface area contributed by atoms with Gasteiger partial charge in [0.15, 0.2) is 19.7 Å². The van der Waals surface area contributed by atoms with Crippen molar-refractivity contribution < 1.29 is 21.6 Å². The lowest BCUT2D eigenvalue weighted by molar-refractivity contribution is 0.0222. The van der Waals surface area contributed by atoms with Crippen LogP contribution < -0.4 is 0 Å². The van der Waals surface area contributed by atoms with Gasteiger partial charge in [0.05, 0.1) is 34.9 Å². The van der Waals surface area contributed by atoms with Gasteiger partial charge in [0.2, 0.25) is 0 Å². The predicted molar refractivity (Wildman–Crippen MR) is 98.9 cm³/mol. The number of fused-ring (bicyclic) bond motifs is 1. The van der Waals surface area contributed by atoms with Crippen molar-refractivity contribution in [3.8, 4) is 0 Å². The van der Waals surface area contributed by atoms with E-state index < -0.39 is 31.0 Å². The lowest BCUT2D eigenvalue weighted by Crippen LogP contribution is -2.50. The number of benzene rings is 1. The summed E-state index contributed by atoms with van der Waals surface area (Å²) in [5.41, 5.74) is 2.32. The topological polar surface area (TPSA) is 80.8 Å². The molecule has 2 aliphatic heterocycles. The molecular formula is C18H25NO5S2. The van der Waals surface area contributed by atoms with Crippen LogP contribution in [0, 0.1) is 0 Å². The summed E-state index contributed by atoms with van der Waals surface area (Å²) in [5.74, 6) is -0.365. The van der Waals surface area contributed by atoms with Gasteiger partial charge in [-0.25, -0.2) is 16.8 Å². The molecule has 2 heterocycles. The Balaban J connectivity index is 1.68. The number of hydrogen-bond acceptors (Lipinski definition) is 6. The summed E-state index contributed by atoms with van der Waals surface area (Å²) in [6, 6.07) is 4.88. The Labute approximate surface area is 155 Å². The average molecular weight is 400 g/mol. The molecule has 2 fully saturated rings. The first-order valence-electron chi connectivity index (χ1n) is 9.25. The minimum atomic E-state index is -3.70. The van der Waals surface area contributed by atoms with E-state index in [1.54, 1.807) is 12.1 Å².